The summed E-state index contributed by atoms with van der Waals surface area (Å²) >= 11 is 13.5. The van der Waals surface area contributed by atoms with Crippen LogP contribution in [-0.4, -0.2) is 52.2 Å². The molecule has 0 atom stereocenters. The van der Waals surface area contributed by atoms with Crippen LogP contribution in [0.25, 0.3) is 5.82 Å². The fraction of sp³-hybridized carbons (Fsp3) is 0.125. The van der Waals surface area contributed by atoms with E-state index in [9.17, 15) is 4.79 Å². The van der Waals surface area contributed by atoms with Gasteiger partial charge in [0.2, 0.25) is 11.6 Å². The van der Waals surface area contributed by atoms with E-state index >= 15 is 0 Å². The van der Waals surface area contributed by atoms with Gasteiger partial charge >= 0.3 is 0 Å². The minimum Gasteiger partial charge on any atom is -0.378 e. The number of carbonyl (C=O) groups is 1. The molecule has 1 amide bonds. The van der Waals surface area contributed by atoms with E-state index in [0.29, 0.717) is 26.5 Å². The minimum absolute atomic E-state index is 0.00975. The highest BCUT2D eigenvalue weighted by atomic mass is 35.5. The molecule has 0 radical (unpaired) electrons. The third kappa shape index (κ3) is 4.42. The van der Waals surface area contributed by atoms with E-state index in [2.05, 4.69) is 46.0 Å². The standard InChI is InChI=1S/C16H13Cl2N11O2S/c1-28-7-21-24-16(28)32-6-11-12(22-27-29(11)14-13(19)25-31-26-14)15(30)23-20-5-8-9(17)3-2-4-10(8)18/h2-5,7H,6H2,1H3,(H2,19,25)(H,23,30)/b20-5+. The van der Waals surface area contributed by atoms with E-state index < -0.39 is 5.91 Å². The molecule has 0 saturated heterocycles. The summed E-state index contributed by atoms with van der Waals surface area (Å²) in [5.41, 5.74) is 8.97. The van der Waals surface area contributed by atoms with Gasteiger partial charge in [-0.15, -0.1) is 15.3 Å². The summed E-state index contributed by atoms with van der Waals surface area (Å²) in [4.78, 5) is 12.8. The van der Waals surface area contributed by atoms with E-state index in [0.717, 1.165) is 0 Å². The van der Waals surface area contributed by atoms with E-state index in [1.807, 2.05) is 0 Å². The van der Waals surface area contributed by atoms with Gasteiger partial charge in [-0.3, -0.25) is 4.79 Å². The molecule has 3 heterocycles. The first-order valence-corrected chi connectivity index (χ1v) is 10.5. The van der Waals surface area contributed by atoms with Gasteiger partial charge in [0.25, 0.3) is 5.91 Å². The van der Waals surface area contributed by atoms with Crippen LogP contribution in [0.1, 0.15) is 21.7 Å². The molecule has 0 unspecified atom stereocenters. The van der Waals surface area contributed by atoms with Crippen LogP contribution >= 0.6 is 35.0 Å². The van der Waals surface area contributed by atoms with Crippen molar-refractivity contribution in [3.05, 3.63) is 51.5 Å². The number of hydrogen-bond donors (Lipinski definition) is 2. The maximum absolute atomic E-state index is 12.8. The van der Waals surface area contributed by atoms with Crippen LogP contribution in [0, 0.1) is 0 Å². The number of benzene rings is 1. The van der Waals surface area contributed by atoms with Gasteiger partial charge in [-0.25, -0.2) is 10.1 Å². The van der Waals surface area contributed by atoms with Crippen LogP contribution in [0.3, 0.4) is 0 Å². The third-order valence-electron chi connectivity index (χ3n) is 4.04. The fourth-order valence-electron chi connectivity index (χ4n) is 2.49. The number of hydrogen-bond acceptors (Lipinski definition) is 11. The number of amides is 1. The highest BCUT2D eigenvalue weighted by molar-refractivity contribution is 7.98. The maximum atomic E-state index is 12.8. The topological polar surface area (TPSA) is 168 Å². The number of halogens is 2. The second-order valence-electron chi connectivity index (χ2n) is 6.12. The molecule has 3 N–H and O–H groups in total. The van der Waals surface area contributed by atoms with E-state index in [1.54, 1.807) is 36.1 Å². The van der Waals surface area contributed by atoms with Crippen molar-refractivity contribution in [3.8, 4) is 5.82 Å². The van der Waals surface area contributed by atoms with Gasteiger partial charge in [-0.1, -0.05) is 46.2 Å². The molecule has 0 bridgehead atoms. The van der Waals surface area contributed by atoms with E-state index in [4.69, 9.17) is 28.9 Å². The number of nitrogens with one attached hydrogen (secondary N) is 1. The normalized spacial score (nSPS) is 11.3. The lowest BCUT2D eigenvalue weighted by molar-refractivity contribution is 0.0949. The summed E-state index contributed by atoms with van der Waals surface area (Å²) in [6.45, 7) is 0. The van der Waals surface area contributed by atoms with Crippen molar-refractivity contribution in [2.45, 2.75) is 10.9 Å². The Kier molecular flexibility index (Phi) is 6.34. The number of nitrogens with two attached hydrogens (primary N) is 1. The Hall–Kier alpha value is -3.49. The molecule has 13 nitrogen and oxygen atoms in total. The largest absolute Gasteiger partial charge is 0.378 e. The average Bonchev–Trinajstić information content (AvgIpc) is 3.48. The number of carbonyl (C=O) groups excluding carboxylic acids is 1. The molecular formula is C16H13Cl2N11O2S. The first-order valence-electron chi connectivity index (χ1n) is 8.73. The molecule has 0 saturated carbocycles. The number of aryl methyl sites for hydroxylation is 1. The quantitative estimate of drug-likeness (QED) is 0.219. The lowest BCUT2D eigenvalue weighted by Gasteiger charge is -2.05. The Morgan fingerprint density at radius 2 is 2.09 bits per heavy atom. The summed E-state index contributed by atoms with van der Waals surface area (Å²) in [6.07, 6.45) is 2.89. The highest BCUT2D eigenvalue weighted by Crippen LogP contribution is 2.25. The molecule has 164 valence electrons. The number of aromatic nitrogens is 8. The van der Waals surface area contributed by atoms with Crippen LogP contribution in [0.15, 0.2) is 39.4 Å². The lowest BCUT2D eigenvalue weighted by Crippen LogP contribution is -2.20. The van der Waals surface area contributed by atoms with E-state index in [-0.39, 0.29) is 23.1 Å². The summed E-state index contributed by atoms with van der Waals surface area (Å²) in [7, 11) is 1.79. The summed E-state index contributed by atoms with van der Waals surface area (Å²) in [5, 5.41) is 28.3. The number of hydrazone groups is 1. The Labute approximate surface area is 193 Å². The molecular weight excluding hydrogens is 481 g/mol. The second kappa shape index (κ2) is 9.33. The van der Waals surface area contributed by atoms with Gasteiger partial charge in [0.15, 0.2) is 10.9 Å². The second-order valence-corrected chi connectivity index (χ2v) is 7.87. The van der Waals surface area contributed by atoms with Gasteiger partial charge in [-0.05, 0) is 22.4 Å². The average molecular weight is 494 g/mol. The van der Waals surface area contributed by atoms with E-state index in [1.165, 1.54) is 22.7 Å². The van der Waals surface area contributed by atoms with Crippen LogP contribution in [-0.2, 0) is 12.8 Å². The third-order valence-corrected chi connectivity index (χ3v) is 5.75. The van der Waals surface area contributed by atoms with Gasteiger partial charge < -0.3 is 10.3 Å². The zero-order valence-corrected chi connectivity index (χ0v) is 18.5. The number of nitrogen functional groups attached to an aromatic ring is 1. The predicted octanol–water partition coefficient (Wildman–Crippen LogP) is 1.72. The first-order chi connectivity index (χ1) is 15.5. The fourth-order valence-corrected chi connectivity index (χ4v) is 3.87. The van der Waals surface area contributed by atoms with Gasteiger partial charge in [0.1, 0.15) is 6.33 Å². The molecule has 0 aliphatic rings. The predicted molar refractivity (Wildman–Crippen MR) is 116 cm³/mol. The summed E-state index contributed by atoms with van der Waals surface area (Å²) in [5.74, 6) is -0.317. The summed E-state index contributed by atoms with van der Waals surface area (Å²) < 4.78 is 7.62. The smallest absolute Gasteiger partial charge is 0.293 e. The van der Waals surface area contributed by atoms with Crippen molar-refractivity contribution in [2.24, 2.45) is 12.1 Å². The number of nitrogens with zero attached hydrogens (tertiary/aromatic N) is 9. The van der Waals surface area contributed by atoms with Crippen molar-refractivity contribution in [1.29, 1.82) is 0 Å². The van der Waals surface area contributed by atoms with Crippen LogP contribution in [0.2, 0.25) is 10.0 Å². The minimum atomic E-state index is -0.626. The SMILES string of the molecule is Cn1cnnc1SCc1c(C(=O)N/N=C/c2c(Cl)cccc2Cl)nnn1-c1nonc1N. The van der Waals surface area contributed by atoms with Crippen molar-refractivity contribution < 1.29 is 9.42 Å². The van der Waals surface area contributed by atoms with Crippen LogP contribution in [0.5, 0.6) is 0 Å². The maximum Gasteiger partial charge on any atom is 0.293 e. The number of thioether (sulfide) groups is 1. The Morgan fingerprint density at radius 1 is 1.31 bits per heavy atom. The molecule has 0 spiro atoms. The van der Waals surface area contributed by atoms with Gasteiger partial charge in [0.05, 0.1) is 22.0 Å². The van der Waals surface area contributed by atoms with Crippen molar-refractivity contribution in [1.82, 2.24) is 45.5 Å². The molecule has 0 aliphatic carbocycles. The number of rotatable bonds is 7. The van der Waals surface area contributed by atoms with Crippen molar-refractivity contribution in [2.75, 3.05) is 5.73 Å². The van der Waals surface area contributed by atoms with Crippen molar-refractivity contribution in [3.63, 3.8) is 0 Å². The van der Waals surface area contributed by atoms with Crippen LogP contribution in [0.4, 0.5) is 5.82 Å². The van der Waals surface area contributed by atoms with Gasteiger partial charge in [-0.2, -0.15) is 9.78 Å². The zero-order chi connectivity index (χ0) is 22.7. The Bertz CT molecular complexity index is 1280. The molecule has 4 aromatic rings. The highest BCUT2D eigenvalue weighted by Gasteiger charge is 2.24. The van der Waals surface area contributed by atoms with Crippen LogP contribution < -0.4 is 11.2 Å². The Balaban J connectivity index is 1.60. The molecule has 16 heteroatoms. The molecule has 0 fully saturated rings. The molecule has 32 heavy (non-hydrogen) atoms. The molecule has 1 aromatic carbocycles. The van der Waals surface area contributed by atoms with Gasteiger partial charge in [0, 0.05) is 18.4 Å². The first kappa shape index (κ1) is 21.7. The Morgan fingerprint density at radius 3 is 2.75 bits per heavy atom. The van der Waals surface area contributed by atoms with Crippen molar-refractivity contribution >= 4 is 52.9 Å². The summed E-state index contributed by atoms with van der Waals surface area (Å²) in [6, 6.07) is 5.01. The zero-order valence-electron chi connectivity index (χ0n) is 16.2. The lowest BCUT2D eigenvalue weighted by atomic mass is 10.2. The monoisotopic (exact) mass is 493 g/mol. The molecule has 0 aliphatic heterocycles. The molecule has 4 rings (SSSR count). The molecule has 3 aromatic heterocycles. The number of anilines is 1.